The molecule has 0 spiro atoms. The van der Waals surface area contributed by atoms with Crippen LogP contribution in [0.2, 0.25) is 0 Å². The van der Waals surface area contributed by atoms with Gasteiger partial charge in [0.2, 0.25) is 0 Å². The Morgan fingerprint density at radius 1 is 1.44 bits per heavy atom. The minimum atomic E-state index is -1.02. The molecule has 0 aromatic carbocycles. The SMILES string of the molecule is CC(C)(C)OC(=O)NC1CCCN1C(=O)O. The second-order valence-electron chi connectivity index (χ2n) is 4.78. The standard InChI is InChI=1S/C10H18N2O4/c1-10(2,3)16-8(13)11-7-5-4-6-12(7)9(14)15/h7H,4-6H2,1-3H3,(H,11,13)(H,14,15). The van der Waals surface area contributed by atoms with Crippen LogP contribution in [0.5, 0.6) is 0 Å². The third-order valence-electron chi connectivity index (χ3n) is 2.18. The minimum absolute atomic E-state index is 0.454. The Labute approximate surface area is 94.6 Å². The third-order valence-corrected chi connectivity index (χ3v) is 2.18. The molecule has 2 amide bonds. The van der Waals surface area contributed by atoms with E-state index in [1.165, 1.54) is 4.90 Å². The van der Waals surface area contributed by atoms with Crippen molar-refractivity contribution in [1.82, 2.24) is 10.2 Å². The molecule has 0 aromatic rings. The van der Waals surface area contributed by atoms with E-state index < -0.39 is 24.0 Å². The molecule has 1 atom stereocenters. The highest BCUT2D eigenvalue weighted by molar-refractivity contribution is 5.70. The second-order valence-corrected chi connectivity index (χ2v) is 4.78. The smallest absolute Gasteiger partial charge is 0.409 e. The van der Waals surface area contributed by atoms with Gasteiger partial charge < -0.3 is 15.2 Å². The Balaban J connectivity index is 2.47. The average Bonchev–Trinajstić information content (AvgIpc) is 2.47. The molecule has 0 aromatic heterocycles. The first-order valence-corrected chi connectivity index (χ1v) is 5.29. The lowest BCUT2D eigenvalue weighted by Crippen LogP contribution is -2.47. The summed E-state index contributed by atoms with van der Waals surface area (Å²) in [6.45, 7) is 5.73. The summed E-state index contributed by atoms with van der Waals surface area (Å²) in [5, 5.41) is 11.4. The number of carbonyl (C=O) groups excluding carboxylic acids is 1. The molecular formula is C10H18N2O4. The van der Waals surface area contributed by atoms with Gasteiger partial charge in [0.25, 0.3) is 0 Å². The van der Waals surface area contributed by atoms with E-state index in [0.717, 1.165) is 6.42 Å². The minimum Gasteiger partial charge on any atom is -0.465 e. The van der Waals surface area contributed by atoms with Crippen molar-refractivity contribution in [3.05, 3.63) is 0 Å². The molecule has 1 aliphatic heterocycles. The normalized spacial score (nSPS) is 20.7. The van der Waals surface area contributed by atoms with Crippen molar-refractivity contribution in [2.24, 2.45) is 0 Å². The summed E-state index contributed by atoms with van der Waals surface area (Å²) in [6.07, 6.45) is -0.672. The van der Waals surface area contributed by atoms with Gasteiger partial charge in [-0.25, -0.2) is 9.59 Å². The van der Waals surface area contributed by atoms with Gasteiger partial charge in [0.1, 0.15) is 11.8 Å². The summed E-state index contributed by atoms with van der Waals surface area (Å²) >= 11 is 0. The summed E-state index contributed by atoms with van der Waals surface area (Å²) in [7, 11) is 0. The number of likely N-dealkylation sites (tertiary alicyclic amines) is 1. The lowest BCUT2D eigenvalue weighted by atomic mass is 10.2. The molecule has 0 aliphatic carbocycles. The molecule has 6 nitrogen and oxygen atoms in total. The Bertz CT molecular complexity index is 285. The molecule has 16 heavy (non-hydrogen) atoms. The van der Waals surface area contributed by atoms with Gasteiger partial charge in [0.15, 0.2) is 0 Å². The number of carboxylic acid groups (broad SMARTS) is 1. The fraction of sp³-hybridized carbons (Fsp3) is 0.800. The van der Waals surface area contributed by atoms with Gasteiger partial charge in [-0.1, -0.05) is 0 Å². The number of hydrogen-bond donors (Lipinski definition) is 2. The topological polar surface area (TPSA) is 78.9 Å². The number of nitrogens with one attached hydrogen (secondary N) is 1. The van der Waals surface area contributed by atoms with E-state index in [2.05, 4.69) is 5.32 Å². The van der Waals surface area contributed by atoms with Crippen molar-refractivity contribution in [3.63, 3.8) is 0 Å². The summed E-state index contributed by atoms with van der Waals surface area (Å²) < 4.78 is 5.06. The van der Waals surface area contributed by atoms with Crippen LogP contribution in [0, 0.1) is 0 Å². The maximum atomic E-state index is 11.4. The van der Waals surface area contributed by atoms with E-state index in [0.29, 0.717) is 13.0 Å². The van der Waals surface area contributed by atoms with Crippen molar-refractivity contribution < 1.29 is 19.4 Å². The molecule has 2 N–H and O–H groups in total. The largest absolute Gasteiger partial charge is 0.465 e. The Morgan fingerprint density at radius 2 is 2.06 bits per heavy atom. The maximum absolute atomic E-state index is 11.4. The second kappa shape index (κ2) is 4.59. The lowest BCUT2D eigenvalue weighted by Gasteiger charge is -2.25. The van der Waals surface area contributed by atoms with Gasteiger partial charge in [-0.15, -0.1) is 0 Å². The molecule has 0 radical (unpaired) electrons. The molecule has 1 heterocycles. The van der Waals surface area contributed by atoms with Gasteiger partial charge in [-0.05, 0) is 33.6 Å². The van der Waals surface area contributed by atoms with Gasteiger partial charge >= 0.3 is 12.2 Å². The van der Waals surface area contributed by atoms with Crippen LogP contribution in [0.15, 0.2) is 0 Å². The lowest BCUT2D eigenvalue weighted by molar-refractivity contribution is 0.0453. The molecule has 1 rings (SSSR count). The number of amides is 2. The third kappa shape index (κ3) is 3.60. The van der Waals surface area contributed by atoms with Crippen molar-refractivity contribution in [2.45, 2.75) is 45.4 Å². The molecule has 0 bridgehead atoms. The van der Waals surface area contributed by atoms with Gasteiger partial charge in [0, 0.05) is 6.54 Å². The van der Waals surface area contributed by atoms with Crippen LogP contribution >= 0.6 is 0 Å². The van der Waals surface area contributed by atoms with Crippen LogP contribution in [0.25, 0.3) is 0 Å². The van der Waals surface area contributed by atoms with E-state index in [4.69, 9.17) is 9.84 Å². The van der Waals surface area contributed by atoms with Crippen LogP contribution in [0.1, 0.15) is 33.6 Å². The maximum Gasteiger partial charge on any atom is 0.409 e. The zero-order chi connectivity index (χ0) is 12.3. The fourth-order valence-electron chi connectivity index (χ4n) is 1.59. The summed E-state index contributed by atoms with van der Waals surface area (Å²) in [6, 6.07) is 0. The molecule has 1 fully saturated rings. The average molecular weight is 230 g/mol. The highest BCUT2D eigenvalue weighted by Crippen LogP contribution is 2.15. The monoisotopic (exact) mass is 230 g/mol. The number of rotatable bonds is 1. The van der Waals surface area contributed by atoms with Crippen LogP contribution in [0.3, 0.4) is 0 Å². The molecule has 6 heteroatoms. The first kappa shape index (κ1) is 12.6. The van der Waals surface area contributed by atoms with Crippen molar-refractivity contribution in [3.8, 4) is 0 Å². The van der Waals surface area contributed by atoms with E-state index in [9.17, 15) is 9.59 Å². The molecular weight excluding hydrogens is 212 g/mol. The first-order chi connectivity index (χ1) is 7.29. The van der Waals surface area contributed by atoms with Gasteiger partial charge in [0.05, 0.1) is 0 Å². The molecule has 1 unspecified atom stereocenters. The van der Waals surface area contributed by atoms with Crippen molar-refractivity contribution in [2.75, 3.05) is 6.54 Å². The quantitative estimate of drug-likeness (QED) is 0.717. The summed E-state index contributed by atoms with van der Waals surface area (Å²) in [5.74, 6) is 0. The summed E-state index contributed by atoms with van der Waals surface area (Å²) in [4.78, 5) is 23.5. The zero-order valence-electron chi connectivity index (χ0n) is 9.82. The molecule has 0 saturated carbocycles. The fourth-order valence-corrected chi connectivity index (χ4v) is 1.59. The van der Waals surface area contributed by atoms with Crippen LogP contribution in [0.4, 0.5) is 9.59 Å². The van der Waals surface area contributed by atoms with Gasteiger partial charge in [-0.3, -0.25) is 4.90 Å². The first-order valence-electron chi connectivity index (χ1n) is 5.29. The number of nitrogens with zero attached hydrogens (tertiary/aromatic N) is 1. The number of hydrogen-bond acceptors (Lipinski definition) is 3. The number of ether oxygens (including phenoxy) is 1. The van der Waals surface area contributed by atoms with Crippen molar-refractivity contribution in [1.29, 1.82) is 0 Å². The highest BCUT2D eigenvalue weighted by Gasteiger charge is 2.30. The molecule has 1 aliphatic rings. The van der Waals surface area contributed by atoms with Gasteiger partial charge in [-0.2, -0.15) is 0 Å². The Hall–Kier alpha value is -1.46. The number of carbonyl (C=O) groups is 2. The van der Waals surface area contributed by atoms with E-state index in [1.807, 2.05) is 0 Å². The highest BCUT2D eigenvalue weighted by atomic mass is 16.6. The van der Waals surface area contributed by atoms with Crippen LogP contribution in [-0.2, 0) is 4.74 Å². The Morgan fingerprint density at radius 3 is 2.56 bits per heavy atom. The van der Waals surface area contributed by atoms with E-state index in [1.54, 1.807) is 20.8 Å². The predicted molar refractivity (Wildman–Crippen MR) is 57.1 cm³/mol. The van der Waals surface area contributed by atoms with E-state index in [-0.39, 0.29) is 0 Å². The molecule has 1 saturated heterocycles. The van der Waals surface area contributed by atoms with Crippen LogP contribution in [-0.4, -0.2) is 40.5 Å². The molecule has 92 valence electrons. The van der Waals surface area contributed by atoms with E-state index >= 15 is 0 Å². The number of alkyl carbamates (subject to hydrolysis) is 1. The summed E-state index contributed by atoms with van der Waals surface area (Å²) in [5.41, 5.74) is -0.573. The zero-order valence-corrected chi connectivity index (χ0v) is 9.82. The van der Waals surface area contributed by atoms with Crippen molar-refractivity contribution >= 4 is 12.2 Å². The predicted octanol–water partition coefficient (Wildman–Crippen LogP) is 1.61. The van der Waals surface area contributed by atoms with Crippen LogP contribution < -0.4 is 5.32 Å². The Kier molecular flexibility index (Phi) is 3.62.